The van der Waals surface area contributed by atoms with Crippen LogP contribution >= 0.6 is 11.6 Å². The first-order chi connectivity index (χ1) is 15.7. The summed E-state index contributed by atoms with van der Waals surface area (Å²) in [6.45, 7) is 2.03. The standard InChI is InChI=1S/C25H27ClN4O2/c1-31-19-13-11-17(12-14-19)20-23(26)27-24-22(29-15-7-4-8-16-29)21(18-9-5-3-6-10-18)28-30(24)25(20)32-2/h3,5-6,9-14,21,28H,4,7-8,15-16H2,1-2H3. The van der Waals surface area contributed by atoms with Crippen LogP contribution < -0.4 is 10.2 Å². The number of halogens is 1. The van der Waals surface area contributed by atoms with Gasteiger partial charge in [-0.3, -0.25) is 0 Å². The zero-order chi connectivity index (χ0) is 22.1. The second-order valence-electron chi connectivity index (χ2n) is 8.08. The van der Waals surface area contributed by atoms with E-state index in [-0.39, 0.29) is 6.04 Å². The number of allylic oxidation sites excluding steroid dienone is 1. The minimum Gasteiger partial charge on any atom is -0.497 e. The Labute approximate surface area is 193 Å². The highest BCUT2D eigenvalue weighted by atomic mass is 35.5. The van der Waals surface area contributed by atoms with E-state index >= 15 is 0 Å². The lowest BCUT2D eigenvalue weighted by molar-refractivity contribution is 0.145. The lowest BCUT2D eigenvalue weighted by atomic mass is 10.0. The Morgan fingerprint density at radius 1 is 0.938 bits per heavy atom. The van der Waals surface area contributed by atoms with Crippen molar-refractivity contribution in [1.29, 1.82) is 0 Å². The van der Waals surface area contributed by atoms with Gasteiger partial charge in [0.1, 0.15) is 10.9 Å². The van der Waals surface area contributed by atoms with Gasteiger partial charge < -0.3 is 14.4 Å². The van der Waals surface area contributed by atoms with Crippen molar-refractivity contribution in [3.63, 3.8) is 0 Å². The zero-order valence-electron chi connectivity index (χ0n) is 18.3. The molecule has 2 aromatic carbocycles. The number of ether oxygens (including phenoxy) is 2. The summed E-state index contributed by atoms with van der Waals surface area (Å²) in [5, 5.41) is 2.37. The number of hydrogen-bond acceptors (Lipinski definition) is 6. The molecular formula is C25H27ClN4O2. The fourth-order valence-electron chi connectivity index (χ4n) is 4.64. The zero-order valence-corrected chi connectivity index (χ0v) is 19.1. The summed E-state index contributed by atoms with van der Waals surface area (Å²) in [5.41, 5.74) is 7.64. The second-order valence-corrected chi connectivity index (χ2v) is 8.44. The first kappa shape index (κ1) is 20.9. The van der Waals surface area contributed by atoms with Gasteiger partial charge in [-0.05, 0) is 42.5 Å². The maximum atomic E-state index is 6.80. The van der Waals surface area contributed by atoms with Gasteiger partial charge in [0.2, 0.25) is 5.88 Å². The lowest BCUT2D eigenvalue weighted by Crippen LogP contribution is -2.37. The Hall–Kier alpha value is -2.96. The van der Waals surface area contributed by atoms with Crippen LogP contribution in [0.1, 0.15) is 36.4 Å². The van der Waals surface area contributed by atoms with Crippen molar-refractivity contribution in [2.24, 2.45) is 4.99 Å². The molecule has 3 aliphatic rings. The van der Waals surface area contributed by atoms with E-state index in [4.69, 9.17) is 26.1 Å². The highest BCUT2D eigenvalue weighted by molar-refractivity contribution is 6.76. The molecule has 32 heavy (non-hydrogen) atoms. The number of hydrogen-bond donors (Lipinski definition) is 1. The number of nitrogens with one attached hydrogen (secondary N) is 1. The van der Waals surface area contributed by atoms with Crippen LogP contribution in [0.5, 0.6) is 5.75 Å². The van der Waals surface area contributed by atoms with Gasteiger partial charge in [0, 0.05) is 13.1 Å². The Morgan fingerprint density at radius 2 is 1.66 bits per heavy atom. The van der Waals surface area contributed by atoms with Crippen molar-refractivity contribution in [3.8, 4) is 5.75 Å². The fraction of sp³-hybridized carbons (Fsp3) is 0.320. The van der Waals surface area contributed by atoms with Crippen molar-refractivity contribution < 1.29 is 9.47 Å². The molecule has 1 fully saturated rings. The van der Waals surface area contributed by atoms with E-state index in [0.717, 1.165) is 41.5 Å². The summed E-state index contributed by atoms with van der Waals surface area (Å²) in [5.74, 6) is 2.23. The molecule has 0 aromatic heterocycles. The highest BCUT2D eigenvalue weighted by Gasteiger charge is 2.42. The highest BCUT2D eigenvalue weighted by Crippen LogP contribution is 2.43. The van der Waals surface area contributed by atoms with Crippen LogP contribution in [0.2, 0.25) is 0 Å². The summed E-state index contributed by atoms with van der Waals surface area (Å²) in [4.78, 5) is 7.34. The summed E-state index contributed by atoms with van der Waals surface area (Å²) in [7, 11) is 3.32. The molecule has 1 atom stereocenters. The van der Waals surface area contributed by atoms with E-state index in [9.17, 15) is 0 Å². The normalized spacial score (nSPS) is 21.0. The first-order valence-electron chi connectivity index (χ1n) is 11.0. The predicted octanol–water partition coefficient (Wildman–Crippen LogP) is 4.88. The average molecular weight is 451 g/mol. The van der Waals surface area contributed by atoms with E-state index in [1.807, 2.05) is 35.3 Å². The molecule has 5 rings (SSSR count). The summed E-state index contributed by atoms with van der Waals surface area (Å²) in [6, 6.07) is 18.2. The molecule has 3 aliphatic heterocycles. The number of aliphatic imine (C=N–C) groups is 1. The molecule has 2 aromatic rings. The van der Waals surface area contributed by atoms with Crippen LogP contribution in [0.3, 0.4) is 0 Å². The largest absolute Gasteiger partial charge is 0.497 e. The quantitative estimate of drug-likeness (QED) is 0.703. The van der Waals surface area contributed by atoms with Gasteiger partial charge in [-0.1, -0.05) is 54.1 Å². The number of piperidine rings is 1. The SMILES string of the molecule is COC1=C(c2ccc(OC)cc2)C(Cl)=NC2=C(N3CCCCC3)C(c3ccccc3)NN21. The van der Waals surface area contributed by atoms with Crippen molar-refractivity contribution in [1.82, 2.24) is 15.3 Å². The molecule has 1 saturated heterocycles. The van der Waals surface area contributed by atoms with Gasteiger partial charge in [-0.15, -0.1) is 0 Å². The number of benzene rings is 2. The van der Waals surface area contributed by atoms with Gasteiger partial charge in [0.05, 0.1) is 31.5 Å². The molecule has 0 bridgehead atoms. The third-order valence-corrected chi connectivity index (χ3v) is 6.48. The minimum atomic E-state index is -0.0297. The number of fused-ring (bicyclic) bond motifs is 1. The van der Waals surface area contributed by atoms with E-state index in [1.54, 1.807) is 14.2 Å². The van der Waals surface area contributed by atoms with Crippen molar-refractivity contribution in [2.45, 2.75) is 25.3 Å². The van der Waals surface area contributed by atoms with Gasteiger partial charge in [-0.25, -0.2) is 15.4 Å². The minimum absolute atomic E-state index is 0.0297. The maximum Gasteiger partial charge on any atom is 0.221 e. The third-order valence-electron chi connectivity index (χ3n) is 6.20. The second kappa shape index (κ2) is 8.88. The molecule has 3 heterocycles. The van der Waals surface area contributed by atoms with E-state index in [2.05, 4.69) is 34.6 Å². The topological polar surface area (TPSA) is 49.3 Å². The van der Waals surface area contributed by atoms with Crippen molar-refractivity contribution in [3.05, 3.63) is 83.1 Å². The lowest BCUT2D eigenvalue weighted by Gasteiger charge is -2.32. The van der Waals surface area contributed by atoms with Crippen molar-refractivity contribution >= 4 is 22.3 Å². The van der Waals surface area contributed by atoms with E-state index in [1.165, 1.54) is 24.8 Å². The van der Waals surface area contributed by atoms with Crippen LogP contribution in [0.15, 0.2) is 77.0 Å². The molecule has 1 N–H and O–H groups in total. The molecule has 0 saturated carbocycles. The van der Waals surface area contributed by atoms with Crippen LogP contribution in [-0.2, 0) is 4.74 Å². The molecular weight excluding hydrogens is 424 g/mol. The monoisotopic (exact) mass is 450 g/mol. The Bertz CT molecular complexity index is 1070. The van der Waals surface area contributed by atoms with Crippen LogP contribution in [0, 0.1) is 0 Å². The Balaban J connectivity index is 1.62. The number of rotatable bonds is 5. The summed E-state index contributed by atoms with van der Waals surface area (Å²) >= 11 is 6.80. The van der Waals surface area contributed by atoms with Crippen LogP contribution in [-0.4, -0.2) is 42.4 Å². The maximum absolute atomic E-state index is 6.80. The molecule has 166 valence electrons. The smallest absolute Gasteiger partial charge is 0.221 e. The molecule has 6 nitrogen and oxygen atoms in total. The molecule has 1 unspecified atom stereocenters. The first-order valence-corrected chi connectivity index (χ1v) is 11.4. The Kier molecular flexibility index (Phi) is 5.81. The van der Waals surface area contributed by atoms with Crippen LogP contribution in [0.25, 0.3) is 5.57 Å². The van der Waals surface area contributed by atoms with Crippen LogP contribution in [0.4, 0.5) is 0 Å². The van der Waals surface area contributed by atoms with Gasteiger partial charge >= 0.3 is 0 Å². The van der Waals surface area contributed by atoms with Gasteiger partial charge in [0.15, 0.2) is 5.82 Å². The molecule has 7 heteroatoms. The van der Waals surface area contributed by atoms with Gasteiger partial charge in [-0.2, -0.15) is 0 Å². The fourth-order valence-corrected chi connectivity index (χ4v) is 4.91. The summed E-state index contributed by atoms with van der Waals surface area (Å²) in [6.07, 6.45) is 3.63. The average Bonchev–Trinajstić information content (AvgIpc) is 3.23. The van der Waals surface area contributed by atoms with E-state index < -0.39 is 0 Å². The van der Waals surface area contributed by atoms with Gasteiger partial charge in [0.25, 0.3) is 0 Å². The number of methoxy groups -OCH3 is 2. The molecule has 0 radical (unpaired) electrons. The predicted molar refractivity (Wildman–Crippen MR) is 127 cm³/mol. The number of nitrogens with zero attached hydrogens (tertiary/aromatic N) is 3. The Morgan fingerprint density at radius 3 is 2.31 bits per heavy atom. The number of likely N-dealkylation sites (tertiary alicyclic amines) is 1. The molecule has 0 amide bonds. The molecule has 0 spiro atoms. The third kappa shape index (κ3) is 3.63. The summed E-state index contributed by atoms with van der Waals surface area (Å²) < 4.78 is 11.2. The van der Waals surface area contributed by atoms with Crippen molar-refractivity contribution in [2.75, 3.05) is 27.3 Å². The number of hydrazine groups is 1. The van der Waals surface area contributed by atoms with E-state index in [0.29, 0.717) is 11.1 Å². The molecule has 0 aliphatic carbocycles.